The Labute approximate surface area is 895 Å². The molecule has 0 saturated heterocycles. The van der Waals surface area contributed by atoms with Gasteiger partial charge in [-0.1, -0.05) is 214 Å². The molecule has 0 bridgehead atoms. The van der Waals surface area contributed by atoms with Gasteiger partial charge in [0.05, 0.1) is 95.2 Å². The van der Waals surface area contributed by atoms with Crippen LogP contribution < -0.4 is 20.7 Å². The van der Waals surface area contributed by atoms with E-state index in [9.17, 15) is 58.5 Å². The van der Waals surface area contributed by atoms with Crippen molar-refractivity contribution >= 4 is 105 Å². The van der Waals surface area contributed by atoms with Crippen molar-refractivity contribution in [2.45, 2.75) is 265 Å². The molecule has 0 spiro atoms. The van der Waals surface area contributed by atoms with Crippen LogP contribution in [0, 0.1) is 27.7 Å². The third-order valence-electron chi connectivity index (χ3n) is 28.7. The zero-order valence-corrected chi connectivity index (χ0v) is 90.6. The Morgan fingerprint density at radius 1 is 0.420 bits per heavy atom. The summed E-state index contributed by atoms with van der Waals surface area (Å²) in [6.45, 7) is 25.0. The van der Waals surface area contributed by atoms with E-state index in [-0.39, 0.29) is 103 Å². The molecule has 0 radical (unpaired) electrons. The standard InChI is InChI=1S/C41H49N5O5.C39H45Cl2N5O4S.C38H51N5O5/c1-4-6-20-44(21-7-5-2)41(50)36-22-28(3)46(43-36)37-18-17-32(42-39(48)19-16-31-27-51-38-15-11-10-14-34(31)38)24-35(37)40(49)45-25-30-13-9-8-12-29(30)23-33(45)26-47;1-5-7-15-44(16-8-6-2)39(50)34-18-26(4)46(43-34)35-14-13-29(42-37(48)24-51-36-17-25(3)32(40)21-33(36)41)20-31(35)38(49)45-22-28-12-10-9-11-27(28)19-30(45)23-47;1-4-6-19-41(20-7-5-2)38(47)34-21-27(3)43(40-34)35-18-17-30(39-36(45)26-48-32-15-9-8-10-16-32)23-33(35)37(46)42-24-29-14-12-11-13-28(29)22-31(42)25-44/h8-15,17-18,22,24,31,33,47H,4-7,16,19-21,23,25-27H2,1-3H3,(H,42,48);9-14,17-18,20-21,30,47H,5-8,15-16,19,22-24H2,1-4H3,(H,42,48);11-14,17-18,21,23,31-32,44H,4-10,15-16,19-20,22,24-26H2,1-3H3,(H,39,45)/t31?,33-;30-;31-/m000/s1. The number of carbonyl (C=O) groups is 9. The molecule has 5 aliphatic rings. The number of fused-ring (bicyclic) bond motifs is 4. The van der Waals surface area contributed by atoms with Gasteiger partial charge >= 0.3 is 0 Å². The zero-order chi connectivity index (χ0) is 107. The van der Waals surface area contributed by atoms with Crippen LogP contribution >= 0.6 is 35.0 Å². The smallest absolute Gasteiger partial charge is 0.274 e. The van der Waals surface area contributed by atoms with Gasteiger partial charge in [-0.25, -0.2) is 14.0 Å². The fourth-order valence-corrected chi connectivity index (χ4v) is 21.4. The minimum atomic E-state index is -0.441. The fourth-order valence-electron chi connectivity index (χ4n) is 20.0. The van der Waals surface area contributed by atoms with Gasteiger partial charge in [0.1, 0.15) is 12.4 Å². The third kappa shape index (κ3) is 28.5. The van der Waals surface area contributed by atoms with E-state index in [1.807, 2.05) is 146 Å². The fraction of sp³-hybridized carbons (Fsp3) is 0.441. The van der Waals surface area contributed by atoms with E-state index in [0.717, 1.165) is 158 Å². The van der Waals surface area contributed by atoms with E-state index >= 15 is 0 Å². The predicted molar refractivity (Wildman–Crippen MR) is 589 cm³/mol. The average Bonchev–Trinajstić information content (AvgIpc) is 1.52. The number of aliphatic hydroxyl groups excluding tert-OH is 3. The molecule has 4 atom stereocenters. The number of nitrogens with zero attached hydrogens (tertiary/aromatic N) is 12. The molecule has 16 rings (SSSR count). The van der Waals surface area contributed by atoms with E-state index in [0.29, 0.717) is 187 Å². The number of hydrogen-bond donors (Lipinski definition) is 6. The highest BCUT2D eigenvalue weighted by molar-refractivity contribution is 8.00. The van der Waals surface area contributed by atoms with E-state index in [1.54, 1.807) is 108 Å². The summed E-state index contributed by atoms with van der Waals surface area (Å²) in [7, 11) is 0. The van der Waals surface area contributed by atoms with Gasteiger partial charge in [-0.2, -0.15) is 15.3 Å². The van der Waals surface area contributed by atoms with Gasteiger partial charge in [0.25, 0.3) is 35.4 Å². The monoisotopic (exact) mass is 2100 g/mol. The van der Waals surface area contributed by atoms with Gasteiger partial charge in [-0.3, -0.25) is 43.2 Å². The molecule has 1 aliphatic carbocycles. The van der Waals surface area contributed by atoms with Crippen molar-refractivity contribution in [2.24, 2.45) is 0 Å². The highest BCUT2D eigenvalue weighted by Gasteiger charge is 2.38. The Morgan fingerprint density at radius 3 is 1.15 bits per heavy atom. The van der Waals surface area contributed by atoms with E-state index in [2.05, 4.69) is 57.5 Å². The first kappa shape index (κ1) is 113. The molecule has 1 fully saturated rings. The van der Waals surface area contributed by atoms with Crippen molar-refractivity contribution in [1.29, 1.82) is 0 Å². The molecular weight excluding hydrogens is 1950 g/mol. The van der Waals surface area contributed by atoms with Crippen molar-refractivity contribution in [2.75, 3.05) is 94.0 Å². The Kier molecular flexibility index (Phi) is 41.2. The normalized spacial score (nSPS) is 15.5. The SMILES string of the molecule is CCCCN(CCCC)C(=O)c1cc(C)n(-c2ccc(NC(=O)CCC3COc4ccccc43)cc2C(=O)N2Cc3ccccc3C[C@H]2CO)n1.CCCCN(CCCC)C(=O)c1cc(C)n(-c2ccc(NC(=O)COC3CCCCC3)cc2C(=O)N2Cc3ccccc3C[C@H]2CO)n1.CCCCN(CCCC)C(=O)c1cc(C)n(-c2ccc(NC(=O)CSc3cc(C)c(Cl)cc3Cl)cc2C(=O)N2Cc3ccccc3C[C@H]2CO)n1. The number of benzene rings is 8. The predicted octanol–water partition coefficient (Wildman–Crippen LogP) is 20.9. The first-order valence-corrected chi connectivity index (χ1v) is 55.2. The molecule has 1 unspecified atom stereocenters. The number of hydrogen-bond acceptors (Lipinski definition) is 18. The number of aryl methyl sites for hydroxylation is 4. The molecule has 6 N–H and O–H groups in total. The van der Waals surface area contributed by atoms with Gasteiger partial charge in [-0.15, -0.1) is 11.8 Å². The molecule has 32 heteroatoms. The summed E-state index contributed by atoms with van der Waals surface area (Å²) in [5.74, 6) is -0.912. The highest BCUT2D eigenvalue weighted by atomic mass is 35.5. The third-order valence-corrected chi connectivity index (χ3v) is 30.5. The summed E-state index contributed by atoms with van der Waals surface area (Å²) in [4.78, 5) is 136. The number of thioether (sulfide) groups is 1. The maximum Gasteiger partial charge on any atom is 0.274 e. The summed E-state index contributed by atoms with van der Waals surface area (Å²) >= 11 is 13.8. The van der Waals surface area contributed by atoms with Crippen molar-refractivity contribution in [1.82, 2.24) is 58.7 Å². The van der Waals surface area contributed by atoms with Crippen molar-refractivity contribution in [3.63, 3.8) is 0 Å². The van der Waals surface area contributed by atoms with E-state index in [1.165, 1.54) is 18.2 Å². The largest absolute Gasteiger partial charge is 0.493 e. The van der Waals surface area contributed by atoms with Crippen LogP contribution in [0.15, 0.2) is 187 Å². The molecule has 150 heavy (non-hydrogen) atoms. The molecule has 29 nitrogen and oxygen atoms in total. The second-order valence-electron chi connectivity index (χ2n) is 39.8. The van der Waals surface area contributed by atoms with Crippen LogP contribution in [0.25, 0.3) is 17.1 Å². The number of nitrogens with one attached hydrogen (secondary N) is 3. The quantitative estimate of drug-likeness (QED) is 0.0194. The number of rotatable bonds is 42. The second-order valence-corrected chi connectivity index (χ2v) is 41.6. The van der Waals surface area contributed by atoms with Crippen molar-refractivity contribution in [3.8, 4) is 22.8 Å². The summed E-state index contributed by atoms with van der Waals surface area (Å²) in [6, 6.07) is 54.8. The topological polar surface area (TPSA) is 342 Å². The molecule has 1 saturated carbocycles. The number of aromatic nitrogens is 6. The maximum absolute atomic E-state index is 14.6. The summed E-state index contributed by atoms with van der Waals surface area (Å²) in [5.41, 5.74) is 15.2. The Bertz CT molecular complexity index is 6530. The van der Waals surface area contributed by atoms with Crippen LogP contribution in [-0.2, 0) is 58.0 Å². The number of carbonyl (C=O) groups excluding carboxylic acids is 9. The average molecular weight is 2100 g/mol. The number of ether oxygens (including phenoxy) is 2. The van der Waals surface area contributed by atoms with E-state index < -0.39 is 18.1 Å². The first-order chi connectivity index (χ1) is 72.7. The van der Waals surface area contributed by atoms with Crippen LogP contribution in [0.4, 0.5) is 17.1 Å². The number of aliphatic hydroxyl groups is 3. The van der Waals surface area contributed by atoms with Gasteiger partial charge in [0, 0.05) is 121 Å². The minimum Gasteiger partial charge on any atom is -0.493 e. The molecule has 796 valence electrons. The van der Waals surface area contributed by atoms with E-state index in [4.69, 9.17) is 48.0 Å². The molecule has 3 aromatic heterocycles. The Morgan fingerprint density at radius 2 is 0.773 bits per heavy atom. The molecule has 11 aromatic rings. The summed E-state index contributed by atoms with van der Waals surface area (Å²) in [5, 5.41) is 55.3. The number of para-hydroxylation sites is 1. The number of unbranched alkanes of at least 4 members (excludes halogenated alkanes) is 6. The Hall–Kier alpha value is -12.8. The van der Waals surface area contributed by atoms with Gasteiger partial charge in [-0.05, 0) is 235 Å². The highest BCUT2D eigenvalue weighted by Crippen LogP contribution is 2.40. The maximum atomic E-state index is 14.6. The van der Waals surface area contributed by atoms with Gasteiger partial charge < -0.3 is 70.1 Å². The molecular formula is C118H145Cl2N15O14S. The summed E-state index contributed by atoms with van der Waals surface area (Å²) < 4.78 is 16.6. The van der Waals surface area contributed by atoms with Crippen LogP contribution in [0.1, 0.15) is 294 Å². The summed E-state index contributed by atoms with van der Waals surface area (Å²) in [6.07, 6.45) is 19.3. The molecule has 8 aromatic carbocycles. The molecule has 7 heterocycles. The molecule has 4 aliphatic heterocycles. The lowest BCUT2D eigenvalue weighted by Crippen LogP contribution is -2.46. The number of anilines is 3. The number of amides is 9. The van der Waals surface area contributed by atoms with Crippen LogP contribution in [-0.4, -0.2) is 230 Å². The van der Waals surface area contributed by atoms with Crippen molar-refractivity contribution in [3.05, 3.63) is 287 Å². The molecule has 9 amide bonds. The minimum absolute atomic E-state index is 0.0541. The van der Waals surface area contributed by atoms with Crippen molar-refractivity contribution < 1.29 is 67.9 Å². The Balaban J connectivity index is 0.000000177. The second kappa shape index (κ2) is 54.8. The zero-order valence-electron chi connectivity index (χ0n) is 88.2. The van der Waals surface area contributed by atoms with Gasteiger partial charge in [0.15, 0.2) is 17.1 Å². The van der Waals surface area contributed by atoms with Crippen LogP contribution in [0.5, 0.6) is 5.75 Å². The lowest BCUT2D eigenvalue weighted by Gasteiger charge is -2.36. The van der Waals surface area contributed by atoms with Gasteiger partial charge in [0.2, 0.25) is 17.7 Å². The first-order valence-electron chi connectivity index (χ1n) is 53.5. The number of halogens is 2. The van der Waals surface area contributed by atoms with Crippen LogP contribution in [0.3, 0.4) is 0 Å². The lowest BCUT2D eigenvalue weighted by molar-refractivity contribution is -0.123. The lowest BCUT2D eigenvalue weighted by atomic mass is 9.93. The van der Waals surface area contributed by atoms with Crippen LogP contribution in [0.2, 0.25) is 10.0 Å².